The lowest BCUT2D eigenvalue weighted by atomic mass is 9.83. The van der Waals surface area contributed by atoms with E-state index in [1.807, 2.05) is 30.3 Å². The van der Waals surface area contributed by atoms with Crippen LogP contribution in [-0.4, -0.2) is 49.7 Å². The molecule has 1 N–H and O–H groups in total. The molecule has 150 valence electrons. The van der Waals surface area contributed by atoms with Crippen molar-refractivity contribution in [1.29, 1.82) is 0 Å². The molecule has 0 bridgehead atoms. The summed E-state index contributed by atoms with van der Waals surface area (Å²) in [6, 6.07) is 10.4. The van der Waals surface area contributed by atoms with Crippen LogP contribution in [0.2, 0.25) is 0 Å². The fourth-order valence-corrected chi connectivity index (χ4v) is 4.72. The molecule has 1 aromatic carbocycles. The minimum atomic E-state index is 0.172. The Bertz CT molecular complexity index is 563. The molecule has 1 saturated heterocycles. The molecule has 1 aromatic rings. The number of nitrogens with one attached hydrogen (secondary N) is 1. The number of carbonyl (C=O) groups is 1. The van der Waals surface area contributed by atoms with Gasteiger partial charge in [-0.2, -0.15) is 0 Å². The van der Waals surface area contributed by atoms with Gasteiger partial charge in [0.15, 0.2) is 0 Å². The molecule has 27 heavy (non-hydrogen) atoms. The van der Waals surface area contributed by atoms with Gasteiger partial charge in [0.1, 0.15) is 0 Å². The third kappa shape index (κ3) is 6.62. The van der Waals surface area contributed by atoms with E-state index in [9.17, 15) is 4.79 Å². The Morgan fingerprint density at radius 3 is 2.78 bits per heavy atom. The summed E-state index contributed by atoms with van der Waals surface area (Å²) >= 11 is 0. The third-order valence-electron chi connectivity index (χ3n) is 6.12. The van der Waals surface area contributed by atoms with Gasteiger partial charge in [-0.25, -0.2) is 0 Å². The van der Waals surface area contributed by atoms with Gasteiger partial charge in [-0.05, 0) is 56.6 Å². The van der Waals surface area contributed by atoms with E-state index in [4.69, 9.17) is 4.74 Å². The summed E-state index contributed by atoms with van der Waals surface area (Å²) in [4.78, 5) is 15.2. The van der Waals surface area contributed by atoms with Crippen molar-refractivity contribution >= 4 is 5.91 Å². The van der Waals surface area contributed by atoms with Gasteiger partial charge in [0.25, 0.3) is 0 Å². The van der Waals surface area contributed by atoms with E-state index >= 15 is 0 Å². The van der Waals surface area contributed by atoms with Gasteiger partial charge in [0, 0.05) is 25.7 Å². The molecule has 1 aliphatic carbocycles. The van der Waals surface area contributed by atoms with Crippen LogP contribution in [0.1, 0.15) is 51.0 Å². The van der Waals surface area contributed by atoms with Gasteiger partial charge in [0.2, 0.25) is 5.91 Å². The molecule has 0 radical (unpaired) electrons. The first kappa shape index (κ1) is 20.3. The number of hydrogen-bond acceptors (Lipinski definition) is 3. The summed E-state index contributed by atoms with van der Waals surface area (Å²) in [6.07, 6.45) is 7.95. The van der Waals surface area contributed by atoms with E-state index in [0.717, 1.165) is 38.3 Å². The van der Waals surface area contributed by atoms with Gasteiger partial charge in [0.05, 0.1) is 13.0 Å². The van der Waals surface area contributed by atoms with Crippen LogP contribution < -0.4 is 5.32 Å². The Hall–Kier alpha value is -1.39. The predicted octanol–water partition coefficient (Wildman–Crippen LogP) is 3.65. The molecule has 0 spiro atoms. The van der Waals surface area contributed by atoms with Crippen LogP contribution in [0.3, 0.4) is 0 Å². The maximum absolute atomic E-state index is 12.5. The Morgan fingerprint density at radius 2 is 1.96 bits per heavy atom. The number of amides is 1. The first-order chi connectivity index (χ1) is 13.2. The van der Waals surface area contributed by atoms with E-state index in [1.54, 1.807) is 0 Å². The molecule has 0 aromatic heterocycles. The highest BCUT2D eigenvalue weighted by Crippen LogP contribution is 2.27. The molecule has 4 nitrogen and oxygen atoms in total. The molecular weight excluding hydrogens is 336 g/mol. The molecular formula is C23H36N2O2. The second kappa shape index (κ2) is 10.8. The molecule has 3 atom stereocenters. The highest BCUT2D eigenvalue weighted by atomic mass is 16.5. The van der Waals surface area contributed by atoms with Crippen molar-refractivity contribution in [1.82, 2.24) is 10.2 Å². The van der Waals surface area contributed by atoms with Crippen LogP contribution in [0.25, 0.3) is 0 Å². The van der Waals surface area contributed by atoms with Crippen molar-refractivity contribution in [2.24, 2.45) is 11.8 Å². The van der Waals surface area contributed by atoms with E-state index < -0.39 is 0 Å². The zero-order chi connectivity index (χ0) is 18.9. The van der Waals surface area contributed by atoms with Crippen molar-refractivity contribution in [3.63, 3.8) is 0 Å². The number of nitrogens with zero attached hydrogens (tertiary/aromatic N) is 1. The minimum absolute atomic E-state index is 0.172. The van der Waals surface area contributed by atoms with E-state index in [1.165, 1.54) is 38.6 Å². The normalized spacial score (nSPS) is 26.6. The highest BCUT2D eigenvalue weighted by molar-refractivity contribution is 5.78. The standard InChI is InChI=1S/C23H36N2O2/c1-2-27-18-20-11-8-14-25(16-20)17-21-12-6-7-13-22(21)24-23(26)15-19-9-4-3-5-10-19/h3-5,9-10,20-22H,2,6-8,11-18H2,1H3,(H,24,26)/t20?,21-,22+/m1/s1. The first-order valence-corrected chi connectivity index (χ1v) is 10.9. The van der Waals surface area contributed by atoms with E-state index in [-0.39, 0.29) is 5.91 Å². The Balaban J connectivity index is 1.50. The number of piperidine rings is 1. The number of carbonyl (C=O) groups excluding carboxylic acids is 1. The molecule has 2 aliphatic rings. The maximum Gasteiger partial charge on any atom is 0.224 e. The van der Waals surface area contributed by atoms with Crippen molar-refractivity contribution < 1.29 is 9.53 Å². The lowest BCUT2D eigenvalue weighted by Gasteiger charge is -2.39. The smallest absolute Gasteiger partial charge is 0.224 e. The van der Waals surface area contributed by atoms with E-state index in [0.29, 0.717) is 24.3 Å². The lowest BCUT2D eigenvalue weighted by Crippen LogP contribution is -2.48. The Morgan fingerprint density at radius 1 is 1.15 bits per heavy atom. The second-order valence-electron chi connectivity index (χ2n) is 8.31. The SMILES string of the molecule is CCOCC1CCCN(C[C@H]2CCCC[C@@H]2NC(=O)Cc2ccccc2)C1. The molecule has 1 aliphatic heterocycles. The second-order valence-corrected chi connectivity index (χ2v) is 8.31. The number of rotatable bonds is 8. The summed E-state index contributed by atoms with van der Waals surface area (Å²) in [7, 11) is 0. The molecule has 2 fully saturated rings. The summed E-state index contributed by atoms with van der Waals surface area (Å²) in [6.45, 7) is 7.26. The molecule has 1 heterocycles. The quantitative estimate of drug-likeness (QED) is 0.757. The number of ether oxygens (including phenoxy) is 1. The summed E-state index contributed by atoms with van der Waals surface area (Å²) in [5.41, 5.74) is 1.09. The van der Waals surface area contributed by atoms with Gasteiger partial charge < -0.3 is 15.0 Å². The predicted molar refractivity (Wildman–Crippen MR) is 110 cm³/mol. The molecule has 1 unspecified atom stereocenters. The monoisotopic (exact) mass is 372 g/mol. The van der Waals surface area contributed by atoms with Crippen molar-refractivity contribution in [3.05, 3.63) is 35.9 Å². The Kier molecular flexibility index (Phi) is 8.15. The third-order valence-corrected chi connectivity index (χ3v) is 6.12. The fraction of sp³-hybridized carbons (Fsp3) is 0.696. The Labute approximate surface area is 164 Å². The number of likely N-dealkylation sites (tertiary alicyclic amines) is 1. The van der Waals surface area contributed by atoms with Crippen LogP contribution in [0.4, 0.5) is 0 Å². The molecule has 3 rings (SSSR count). The van der Waals surface area contributed by atoms with Gasteiger partial charge in [-0.3, -0.25) is 4.79 Å². The average molecular weight is 373 g/mol. The van der Waals surface area contributed by atoms with Crippen molar-refractivity contribution in [2.45, 2.75) is 57.9 Å². The van der Waals surface area contributed by atoms with Crippen LogP contribution in [0.5, 0.6) is 0 Å². The zero-order valence-electron chi connectivity index (χ0n) is 16.9. The lowest BCUT2D eigenvalue weighted by molar-refractivity contribution is -0.121. The van der Waals surface area contributed by atoms with Crippen LogP contribution >= 0.6 is 0 Å². The topological polar surface area (TPSA) is 41.6 Å². The zero-order valence-corrected chi connectivity index (χ0v) is 16.9. The van der Waals surface area contributed by atoms with Crippen LogP contribution in [-0.2, 0) is 16.0 Å². The first-order valence-electron chi connectivity index (χ1n) is 10.9. The summed E-state index contributed by atoms with van der Waals surface area (Å²) in [5, 5.41) is 3.36. The largest absolute Gasteiger partial charge is 0.381 e. The molecule has 1 amide bonds. The van der Waals surface area contributed by atoms with Gasteiger partial charge in [-0.1, -0.05) is 43.2 Å². The van der Waals surface area contributed by atoms with Crippen molar-refractivity contribution in [2.75, 3.05) is 32.8 Å². The number of hydrogen-bond donors (Lipinski definition) is 1. The molecule has 4 heteroatoms. The summed E-state index contributed by atoms with van der Waals surface area (Å²) in [5.74, 6) is 1.43. The fourth-order valence-electron chi connectivity index (χ4n) is 4.72. The average Bonchev–Trinajstić information content (AvgIpc) is 2.69. The van der Waals surface area contributed by atoms with Gasteiger partial charge >= 0.3 is 0 Å². The molecule has 1 saturated carbocycles. The van der Waals surface area contributed by atoms with Crippen LogP contribution in [0.15, 0.2) is 30.3 Å². The summed E-state index contributed by atoms with van der Waals surface area (Å²) < 4.78 is 5.66. The minimum Gasteiger partial charge on any atom is -0.381 e. The highest BCUT2D eigenvalue weighted by Gasteiger charge is 2.30. The van der Waals surface area contributed by atoms with Crippen LogP contribution in [0, 0.1) is 11.8 Å². The van der Waals surface area contributed by atoms with Gasteiger partial charge in [-0.15, -0.1) is 0 Å². The van der Waals surface area contributed by atoms with Crippen molar-refractivity contribution in [3.8, 4) is 0 Å². The number of benzene rings is 1. The maximum atomic E-state index is 12.5. The van der Waals surface area contributed by atoms with E-state index in [2.05, 4.69) is 17.1 Å².